The van der Waals surface area contributed by atoms with E-state index in [-0.39, 0.29) is 18.3 Å². The second kappa shape index (κ2) is 11.3. The SMILES string of the molecule is CCOC(=O)c1cccc(NC(=O)CSc2nnc(COc3ccc(CC)cc3)n2C)c1. The summed E-state index contributed by atoms with van der Waals surface area (Å²) in [6.07, 6.45) is 0.981. The van der Waals surface area contributed by atoms with Crippen LogP contribution in [0.3, 0.4) is 0 Å². The van der Waals surface area contributed by atoms with Crippen molar-refractivity contribution in [2.45, 2.75) is 32.0 Å². The Morgan fingerprint density at radius 3 is 2.59 bits per heavy atom. The molecule has 0 aliphatic heterocycles. The van der Waals surface area contributed by atoms with Gasteiger partial charge in [-0.1, -0.05) is 36.9 Å². The van der Waals surface area contributed by atoms with Crippen molar-refractivity contribution in [3.8, 4) is 5.75 Å². The highest BCUT2D eigenvalue weighted by atomic mass is 32.2. The molecule has 168 valence electrons. The van der Waals surface area contributed by atoms with E-state index in [0.717, 1.165) is 12.2 Å². The zero-order valence-corrected chi connectivity index (χ0v) is 19.1. The van der Waals surface area contributed by atoms with Crippen LogP contribution in [-0.4, -0.2) is 39.0 Å². The molecule has 0 aliphatic rings. The molecule has 9 heteroatoms. The summed E-state index contributed by atoms with van der Waals surface area (Å²) >= 11 is 1.27. The quantitative estimate of drug-likeness (QED) is 0.367. The average Bonchev–Trinajstić information content (AvgIpc) is 3.16. The predicted octanol–water partition coefficient (Wildman–Crippen LogP) is 3.86. The van der Waals surface area contributed by atoms with Crippen LogP contribution >= 0.6 is 11.8 Å². The van der Waals surface area contributed by atoms with Crippen molar-refractivity contribution in [1.82, 2.24) is 14.8 Å². The molecule has 1 heterocycles. The van der Waals surface area contributed by atoms with E-state index in [4.69, 9.17) is 9.47 Å². The van der Waals surface area contributed by atoms with Gasteiger partial charge in [0.15, 0.2) is 11.0 Å². The molecule has 0 radical (unpaired) electrons. The number of ether oxygens (including phenoxy) is 2. The van der Waals surface area contributed by atoms with Gasteiger partial charge in [-0.05, 0) is 49.2 Å². The van der Waals surface area contributed by atoms with E-state index in [1.165, 1.54) is 17.3 Å². The Balaban J connectivity index is 1.51. The third kappa shape index (κ3) is 6.34. The van der Waals surface area contributed by atoms with Gasteiger partial charge in [0.05, 0.1) is 17.9 Å². The number of nitrogens with one attached hydrogen (secondary N) is 1. The zero-order chi connectivity index (χ0) is 22.9. The van der Waals surface area contributed by atoms with E-state index in [0.29, 0.717) is 28.8 Å². The van der Waals surface area contributed by atoms with Gasteiger partial charge in [-0.2, -0.15) is 0 Å². The fourth-order valence-electron chi connectivity index (χ4n) is 2.83. The number of amides is 1. The summed E-state index contributed by atoms with van der Waals surface area (Å²) in [5, 5.41) is 11.7. The Morgan fingerprint density at radius 1 is 1.09 bits per heavy atom. The number of benzene rings is 2. The molecular formula is C23H26N4O4S. The van der Waals surface area contributed by atoms with E-state index in [2.05, 4.69) is 22.4 Å². The van der Waals surface area contributed by atoms with Crippen LogP contribution in [0.1, 0.15) is 35.6 Å². The minimum absolute atomic E-state index is 0.148. The maximum absolute atomic E-state index is 12.3. The minimum atomic E-state index is -0.423. The van der Waals surface area contributed by atoms with Crippen molar-refractivity contribution in [2.75, 3.05) is 17.7 Å². The maximum Gasteiger partial charge on any atom is 0.338 e. The number of hydrogen-bond donors (Lipinski definition) is 1. The van der Waals surface area contributed by atoms with Crippen LogP contribution in [-0.2, 0) is 29.6 Å². The van der Waals surface area contributed by atoms with Crippen LogP contribution in [0.25, 0.3) is 0 Å². The number of aryl methyl sites for hydroxylation is 1. The van der Waals surface area contributed by atoms with Gasteiger partial charge in [-0.25, -0.2) is 4.79 Å². The van der Waals surface area contributed by atoms with Crippen molar-refractivity contribution in [2.24, 2.45) is 7.05 Å². The number of hydrogen-bond acceptors (Lipinski definition) is 7. The molecule has 0 saturated heterocycles. The normalized spacial score (nSPS) is 10.6. The third-order valence-corrected chi connectivity index (χ3v) is 5.63. The number of carbonyl (C=O) groups excluding carboxylic acids is 2. The molecule has 0 bridgehead atoms. The summed E-state index contributed by atoms with van der Waals surface area (Å²) < 4.78 is 12.6. The van der Waals surface area contributed by atoms with Crippen LogP contribution < -0.4 is 10.1 Å². The fourth-order valence-corrected chi connectivity index (χ4v) is 3.56. The highest BCUT2D eigenvalue weighted by Gasteiger charge is 2.13. The Bertz CT molecular complexity index is 1070. The molecule has 3 rings (SSSR count). The number of esters is 1. The van der Waals surface area contributed by atoms with Gasteiger partial charge in [0.25, 0.3) is 0 Å². The van der Waals surface area contributed by atoms with E-state index in [9.17, 15) is 9.59 Å². The molecule has 2 aromatic carbocycles. The lowest BCUT2D eigenvalue weighted by Gasteiger charge is -2.08. The van der Waals surface area contributed by atoms with Crippen LogP contribution in [0, 0.1) is 0 Å². The zero-order valence-electron chi connectivity index (χ0n) is 18.3. The van der Waals surface area contributed by atoms with Crippen LogP contribution in [0.5, 0.6) is 5.75 Å². The van der Waals surface area contributed by atoms with Crippen LogP contribution in [0.2, 0.25) is 0 Å². The monoisotopic (exact) mass is 454 g/mol. The summed E-state index contributed by atoms with van der Waals surface area (Å²) in [6.45, 7) is 4.42. The minimum Gasteiger partial charge on any atom is -0.486 e. The molecule has 1 N–H and O–H groups in total. The Morgan fingerprint density at radius 2 is 1.88 bits per heavy atom. The van der Waals surface area contributed by atoms with Gasteiger partial charge in [0, 0.05) is 12.7 Å². The molecule has 1 amide bonds. The second-order valence-electron chi connectivity index (χ2n) is 6.88. The summed E-state index contributed by atoms with van der Waals surface area (Å²) in [4.78, 5) is 24.2. The fraction of sp³-hybridized carbons (Fsp3) is 0.304. The molecule has 3 aromatic rings. The van der Waals surface area contributed by atoms with Crippen molar-refractivity contribution in [3.63, 3.8) is 0 Å². The van der Waals surface area contributed by atoms with E-state index in [1.54, 1.807) is 35.8 Å². The second-order valence-corrected chi connectivity index (χ2v) is 7.82. The number of nitrogens with zero attached hydrogens (tertiary/aromatic N) is 3. The van der Waals surface area contributed by atoms with Gasteiger partial charge in [-0.3, -0.25) is 4.79 Å². The average molecular weight is 455 g/mol. The Hall–Kier alpha value is -3.33. The van der Waals surface area contributed by atoms with Crippen LogP contribution in [0.15, 0.2) is 53.7 Å². The Labute approximate surface area is 191 Å². The van der Waals surface area contributed by atoms with E-state index in [1.807, 2.05) is 31.3 Å². The maximum atomic E-state index is 12.3. The summed E-state index contributed by atoms with van der Waals surface area (Å²) in [5.74, 6) is 0.939. The molecular weight excluding hydrogens is 428 g/mol. The lowest BCUT2D eigenvalue weighted by Crippen LogP contribution is -2.15. The first-order chi connectivity index (χ1) is 15.5. The molecule has 0 atom stereocenters. The predicted molar refractivity (Wildman–Crippen MR) is 123 cm³/mol. The summed E-state index contributed by atoms with van der Waals surface area (Å²) in [6, 6.07) is 14.6. The van der Waals surface area contributed by atoms with Gasteiger partial charge in [0.2, 0.25) is 5.91 Å². The van der Waals surface area contributed by atoms with Crippen molar-refractivity contribution in [3.05, 3.63) is 65.5 Å². The highest BCUT2D eigenvalue weighted by Crippen LogP contribution is 2.19. The first kappa shape index (κ1) is 23.3. The molecule has 0 aliphatic carbocycles. The van der Waals surface area contributed by atoms with E-state index < -0.39 is 5.97 Å². The van der Waals surface area contributed by atoms with Gasteiger partial charge in [-0.15, -0.1) is 10.2 Å². The Kier molecular flexibility index (Phi) is 8.27. The standard InChI is InChI=1S/C23H26N4O4S/c1-4-16-9-11-19(12-10-16)31-14-20-25-26-23(27(20)3)32-15-21(28)24-18-8-6-7-17(13-18)22(29)30-5-2/h6-13H,4-5,14-15H2,1-3H3,(H,24,28). The smallest absolute Gasteiger partial charge is 0.338 e. The van der Waals surface area contributed by atoms with Gasteiger partial charge in [0.1, 0.15) is 12.4 Å². The highest BCUT2D eigenvalue weighted by molar-refractivity contribution is 7.99. The lowest BCUT2D eigenvalue weighted by atomic mass is 10.2. The topological polar surface area (TPSA) is 95.3 Å². The molecule has 1 aromatic heterocycles. The number of rotatable bonds is 10. The molecule has 0 unspecified atom stereocenters. The first-order valence-corrected chi connectivity index (χ1v) is 11.3. The summed E-state index contributed by atoms with van der Waals surface area (Å²) in [7, 11) is 1.84. The molecule has 0 spiro atoms. The van der Waals surface area contributed by atoms with Crippen LogP contribution in [0.4, 0.5) is 5.69 Å². The largest absolute Gasteiger partial charge is 0.486 e. The summed E-state index contributed by atoms with van der Waals surface area (Å²) in [5.41, 5.74) is 2.17. The first-order valence-electron chi connectivity index (χ1n) is 10.3. The lowest BCUT2D eigenvalue weighted by molar-refractivity contribution is -0.113. The molecule has 0 saturated carbocycles. The number of thioether (sulfide) groups is 1. The number of carbonyl (C=O) groups is 2. The molecule has 0 fully saturated rings. The third-order valence-electron chi connectivity index (χ3n) is 4.61. The van der Waals surface area contributed by atoms with Crippen molar-refractivity contribution < 1.29 is 19.1 Å². The van der Waals surface area contributed by atoms with E-state index >= 15 is 0 Å². The molecule has 8 nitrogen and oxygen atoms in total. The van der Waals surface area contributed by atoms with Crippen molar-refractivity contribution >= 4 is 29.3 Å². The number of anilines is 1. The number of aromatic nitrogens is 3. The van der Waals surface area contributed by atoms with Gasteiger partial charge < -0.3 is 19.4 Å². The molecule has 32 heavy (non-hydrogen) atoms. The van der Waals surface area contributed by atoms with Crippen molar-refractivity contribution in [1.29, 1.82) is 0 Å². The van der Waals surface area contributed by atoms with Gasteiger partial charge >= 0.3 is 5.97 Å².